The van der Waals surface area contributed by atoms with Crippen LogP contribution in [0.5, 0.6) is 0 Å². The molecule has 1 fully saturated rings. The van der Waals surface area contributed by atoms with Crippen LogP contribution in [0.15, 0.2) is 24.3 Å². The van der Waals surface area contributed by atoms with Gasteiger partial charge in [0.05, 0.1) is 15.4 Å². The summed E-state index contributed by atoms with van der Waals surface area (Å²) < 4.78 is 1.18. The molecule has 1 aliphatic rings. The number of fused-ring (bicyclic) bond motifs is 1. The maximum atomic E-state index is 4.84. The smallest absolute Gasteiger partial charge is 0.170 e. The van der Waals surface area contributed by atoms with E-state index in [4.69, 9.17) is 4.98 Å². The van der Waals surface area contributed by atoms with Crippen LogP contribution < -0.4 is 0 Å². The van der Waals surface area contributed by atoms with E-state index in [1.54, 1.807) is 11.3 Å². The topological polar surface area (TPSA) is 41.9 Å². The Kier molecular flexibility index (Phi) is 4.76. The van der Waals surface area contributed by atoms with E-state index in [1.165, 1.54) is 23.1 Å². The summed E-state index contributed by atoms with van der Waals surface area (Å²) in [6, 6.07) is 9.18. The molecule has 3 aromatic rings. The first-order valence-corrected chi connectivity index (χ1v) is 10.2. The summed E-state index contributed by atoms with van der Waals surface area (Å²) in [7, 11) is 0. The predicted octanol–water partition coefficient (Wildman–Crippen LogP) is 4.95. The third-order valence-electron chi connectivity index (χ3n) is 5.39. The van der Waals surface area contributed by atoms with E-state index in [0.29, 0.717) is 12.0 Å². The summed E-state index contributed by atoms with van der Waals surface area (Å²) in [6.45, 7) is 10.7. The van der Waals surface area contributed by atoms with Crippen molar-refractivity contribution in [3.63, 3.8) is 0 Å². The van der Waals surface area contributed by atoms with E-state index in [2.05, 4.69) is 59.9 Å². The van der Waals surface area contributed by atoms with Crippen molar-refractivity contribution in [2.24, 2.45) is 0 Å². The number of aromatic nitrogens is 3. The first kappa shape index (κ1) is 17.6. The van der Waals surface area contributed by atoms with Gasteiger partial charge in [0.25, 0.3) is 0 Å². The number of rotatable bonds is 3. The predicted molar refractivity (Wildman–Crippen MR) is 108 cm³/mol. The second-order valence-electron chi connectivity index (χ2n) is 7.48. The Labute approximate surface area is 159 Å². The molecule has 136 valence electrons. The highest BCUT2D eigenvalue weighted by molar-refractivity contribution is 7.18. The molecule has 4 nitrogen and oxygen atoms in total. The molecular formula is C21H26N4S. The third kappa shape index (κ3) is 3.51. The monoisotopic (exact) mass is 366 g/mol. The minimum Gasteiger partial charge on any atom is -0.294 e. The molecule has 2 atom stereocenters. The zero-order valence-electron chi connectivity index (χ0n) is 16.0. The van der Waals surface area contributed by atoms with Crippen molar-refractivity contribution in [2.45, 2.75) is 52.5 Å². The van der Waals surface area contributed by atoms with Crippen molar-refractivity contribution in [1.29, 1.82) is 0 Å². The SMILES string of the molecule is Cc1cc([C@H]2CCCN([C@H](C)c3ccc4sc(C)nc4n3)C2)cc(C)n1. The van der Waals surface area contributed by atoms with Gasteiger partial charge in [0.15, 0.2) is 5.65 Å². The Morgan fingerprint density at radius 1 is 1.08 bits per heavy atom. The number of hydrogen-bond acceptors (Lipinski definition) is 5. The van der Waals surface area contributed by atoms with Crippen LogP contribution in [-0.4, -0.2) is 32.9 Å². The largest absolute Gasteiger partial charge is 0.294 e. The number of thiazole rings is 1. The molecule has 4 heterocycles. The lowest BCUT2D eigenvalue weighted by atomic mass is 9.89. The molecule has 0 spiro atoms. The molecule has 0 bridgehead atoms. The summed E-state index contributed by atoms with van der Waals surface area (Å²) in [5, 5.41) is 1.08. The summed E-state index contributed by atoms with van der Waals surface area (Å²) in [5.41, 5.74) is 5.70. The highest BCUT2D eigenvalue weighted by atomic mass is 32.1. The molecule has 26 heavy (non-hydrogen) atoms. The normalized spacial score (nSPS) is 19.8. The molecule has 3 aromatic heterocycles. The number of hydrogen-bond donors (Lipinski definition) is 0. The third-order valence-corrected chi connectivity index (χ3v) is 6.31. The quantitative estimate of drug-likeness (QED) is 0.657. The average Bonchev–Trinajstić information content (AvgIpc) is 2.99. The van der Waals surface area contributed by atoms with Crippen molar-refractivity contribution in [2.75, 3.05) is 13.1 Å². The molecule has 0 radical (unpaired) electrons. The van der Waals surface area contributed by atoms with Crippen molar-refractivity contribution >= 4 is 21.7 Å². The number of likely N-dealkylation sites (tertiary alicyclic amines) is 1. The van der Waals surface area contributed by atoms with E-state index in [-0.39, 0.29) is 0 Å². The van der Waals surface area contributed by atoms with E-state index in [9.17, 15) is 0 Å². The highest BCUT2D eigenvalue weighted by Crippen LogP contribution is 2.32. The molecule has 0 amide bonds. The second-order valence-corrected chi connectivity index (χ2v) is 8.72. The van der Waals surface area contributed by atoms with Gasteiger partial charge >= 0.3 is 0 Å². The fourth-order valence-corrected chi connectivity index (χ4v) is 4.86. The fourth-order valence-electron chi connectivity index (χ4n) is 4.09. The molecule has 1 aliphatic heterocycles. The molecule has 0 aliphatic carbocycles. The Morgan fingerprint density at radius 3 is 2.62 bits per heavy atom. The van der Waals surface area contributed by atoms with Crippen molar-refractivity contribution in [3.05, 3.63) is 51.9 Å². The molecule has 0 saturated carbocycles. The van der Waals surface area contributed by atoms with Gasteiger partial charge in [0, 0.05) is 24.0 Å². The highest BCUT2D eigenvalue weighted by Gasteiger charge is 2.26. The summed E-state index contributed by atoms with van der Waals surface area (Å²) in [6.07, 6.45) is 2.48. The Hall–Kier alpha value is -1.85. The van der Waals surface area contributed by atoms with Gasteiger partial charge in [-0.1, -0.05) is 0 Å². The minimum absolute atomic E-state index is 0.313. The maximum absolute atomic E-state index is 4.84. The average molecular weight is 367 g/mol. The zero-order valence-corrected chi connectivity index (χ0v) is 16.8. The first-order chi connectivity index (χ1) is 12.5. The number of piperidine rings is 1. The van der Waals surface area contributed by atoms with E-state index in [0.717, 1.165) is 40.8 Å². The van der Waals surface area contributed by atoms with Crippen molar-refractivity contribution < 1.29 is 0 Å². The molecule has 5 heteroatoms. The van der Waals surface area contributed by atoms with Gasteiger partial charge in [0.2, 0.25) is 0 Å². The van der Waals surface area contributed by atoms with Gasteiger partial charge in [-0.05, 0) is 82.8 Å². The van der Waals surface area contributed by atoms with Crippen LogP contribution in [0.25, 0.3) is 10.3 Å². The van der Waals surface area contributed by atoms with Gasteiger partial charge in [-0.25, -0.2) is 9.97 Å². The molecule has 4 rings (SSSR count). The summed E-state index contributed by atoms with van der Waals surface area (Å²) in [4.78, 5) is 16.5. The Bertz CT molecular complexity index is 913. The lowest BCUT2D eigenvalue weighted by molar-refractivity contribution is 0.156. The van der Waals surface area contributed by atoms with E-state index >= 15 is 0 Å². The van der Waals surface area contributed by atoms with E-state index in [1.807, 2.05) is 6.92 Å². The van der Waals surface area contributed by atoms with Crippen LogP contribution in [0.2, 0.25) is 0 Å². The fraction of sp³-hybridized carbons (Fsp3) is 0.476. The standard InChI is InChI=1S/C21H26N4S/c1-13-10-18(11-14(2)22-13)17-6-5-9-25(12-17)15(3)19-7-8-20-21(24-19)23-16(4)26-20/h7-8,10-11,15,17H,5-6,9,12H2,1-4H3/t15-,17+/m1/s1. The summed E-state index contributed by atoms with van der Waals surface area (Å²) >= 11 is 1.72. The van der Waals surface area contributed by atoms with Crippen molar-refractivity contribution in [3.8, 4) is 0 Å². The van der Waals surface area contributed by atoms with Crippen LogP contribution in [0, 0.1) is 20.8 Å². The number of nitrogens with zero attached hydrogens (tertiary/aromatic N) is 4. The Morgan fingerprint density at radius 2 is 1.85 bits per heavy atom. The first-order valence-electron chi connectivity index (χ1n) is 9.43. The van der Waals surface area contributed by atoms with Crippen LogP contribution in [-0.2, 0) is 0 Å². The van der Waals surface area contributed by atoms with Crippen LogP contribution in [0.4, 0.5) is 0 Å². The maximum Gasteiger partial charge on any atom is 0.170 e. The number of aryl methyl sites for hydroxylation is 3. The van der Waals surface area contributed by atoms with Crippen LogP contribution in [0.3, 0.4) is 0 Å². The number of pyridine rings is 2. The Balaban J connectivity index is 1.56. The van der Waals surface area contributed by atoms with Gasteiger partial charge in [0.1, 0.15) is 0 Å². The van der Waals surface area contributed by atoms with Gasteiger partial charge in [-0.15, -0.1) is 11.3 Å². The minimum atomic E-state index is 0.313. The zero-order chi connectivity index (χ0) is 18.3. The van der Waals surface area contributed by atoms with E-state index < -0.39 is 0 Å². The van der Waals surface area contributed by atoms with Gasteiger partial charge in [-0.2, -0.15) is 0 Å². The molecule has 0 aromatic carbocycles. The van der Waals surface area contributed by atoms with Crippen molar-refractivity contribution in [1.82, 2.24) is 19.9 Å². The second kappa shape index (κ2) is 7.05. The lowest BCUT2D eigenvalue weighted by Gasteiger charge is -2.37. The van der Waals surface area contributed by atoms with Crippen LogP contribution in [0.1, 0.15) is 59.4 Å². The molecule has 0 unspecified atom stereocenters. The van der Waals surface area contributed by atoms with Gasteiger partial charge in [-0.3, -0.25) is 9.88 Å². The molecular weight excluding hydrogens is 340 g/mol. The molecule has 1 saturated heterocycles. The molecule has 0 N–H and O–H groups in total. The van der Waals surface area contributed by atoms with Gasteiger partial charge < -0.3 is 0 Å². The summed E-state index contributed by atoms with van der Waals surface area (Å²) in [5.74, 6) is 0.580. The van der Waals surface area contributed by atoms with Crippen LogP contribution >= 0.6 is 11.3 Å². The lowest BCUT2D eigenvalue weighted by Crippen LogP contribution is -2.36.